The van der Waals surface area contributed by atoms with Crippen molar-refractivity contribution in [2.75, 3.05) is 12.8 Å². The zero-order valence-corrected chi connectivity index (χ0v) is 13.1. The summed E-state index contributed by atoms with van der Waals surface area (Å²) < 4.78 is 0.796. The summed E-state index contributed by atoms with van der Waals surface area (Å²) in [7, 11) is 1.77. The molecule has 0 aliphatic carbocycles. The van der Waals surface area contributed by atoms with Crippen LogP contribution < -0.4 is 5.73 Å². The molecular formula is C13H14BrN3OS. The second-order valence-corrected chi connectivity index (χ2v) is 6.42. The van der Waals surface area contributed by atoms with Gasteiger partial charge < -0.3 is 10.6 Å². The van der Waals surface area contributed by atoms with Gasteiger partial charge >= 0.3 is 0 Å². The van der Waals surface area contributed by atoms with Gasteiger partial charge in [0.1, 0.15) is 0 Å². The van der Waals surface area contributed by atoms with Crippen molar-refractivity contribution in [3.05, 3.63) is 44.3 Å². The standard InChI is InChI=1S/C13H14BrN3OS/c1-8-16-6-10(19-8)7-17(2)13(18)9-3-4-11(14)12(15)5-9/h3-6H,7,15H2,1-2H3. The SMILES string of the molecule is Cc1ncc(CN(C)C(=O)c2ccc(Br)c(N)c2)s1. The van der Waals surface area contributed by atoms with Crippen LogP contribution in [0.3, 0.4) is 0 Å². The Morgan fingerprint density at radius 2 is 2.26 bits per heavy atom. The van der Waals surface area contributed by atoms with Crippen LogP contribution in [-0.4, -0.2) is 22.8 Å². The molecule has 1 heterocycles. The molecule has 6 heteroatoms. The predicted octanol–water partition coefficient (Wildman–Crippen LogP) is 3.07. The number of nitrogens with two attached hydrogens (primary N) is 1. The van der Waals surface area contributed by atoms with E-state index in [1.807, 2.05) is 6.92 Å². The van der Waals surface area contributed by atoms with Gasteiger partial charge in [-0.1, -0.05) is 0 Å². The highest BCUT2D eigenvalue weighted by Crippen LogP contribution is 2.21. The Morgan fingerprint density at radius 1 is 1.53 bits per heavy atom. The lowest BCUT2D eigenvalue weighted by atomic mass is 10.2. The summed E-state index contributed by atoms with van der Waals surface area (Å²) in [4.78, 5) is 19.2. The largest absolute Gasteiger partial charge is 0.398 e. The lowest BCUT2D eigenvalue weighted by molar-refractivity contribution is 0.0786. The number of carbonyl (C=O) groups excluding carboxylic acids is 1. The number of carbonyl (C=O) groups is 1. The van der Waals surface area contributed by atoms with Crippen LogP contribution >= 0.6 is 27.3 Å². The van der Waals surface area contributed by atoms with Crippen molar-refractivity contribution in [3.63, 3.8) is 0 Å². The van der Waals surface area contributed by atoms with Crippen LogP contribution in [0, 0.1) is 6.92 Å². The van der Waals surface area contributed by atoms with Gasteiger partial charge in [0.05, 0.1) is 11.6 Å². The number of nitrogen functional groups attached to an aromatic ring is 1. The molecule has 0 atom stereocenters. The minimum Gasteiger partial charge on any atom is -0.398 e. The molecule has 1 aromatic heterocycles. The molecule has 2 rings (SSSR count). The van der Waals surface area contributed by atoms with Crippen molar-refractivity contribution in [2.45, 2.75) is 13.5 Å². The lowest BCUT2D eigenvalue weighted by Crippen LogP contribution is -2.25. The van der Waals surface area contributed by atoms with Crippen molar-refractivity contribution >= 4 is 38.9 Å². The van der Waals surface area contributed by atoms with Crippen LogP contribution in [0.4, 0.5) is 5.69 Å². The first-order chi connectivity index (χ1) is 8.97. The molecule has 0 bridgehead atoms. The maximum absolute atomic E-state index is 12.3. The highest BCUT2D eigenvalue weighted by Gasteiger charge is 2.14. The molecule has 0 fully saturated rings. The fourth-order valence-corrected chi connectivity index (χ4v) is 2.78. The van der Waals surface area contributed by atoms with E-state index in [-0.39, 0.29) is 5.91 Å². The van der Waals surface area contributed by atoms with Gasteiger partial charge in [-0.2, -0.15) is 0 Å². The molecule has 0 saturated heterocycles. The minimum atomic E-state index is -0.0507. The number of hydrogen-bond acceptors (Lipinski definition) is 4. The highest BCUT2D eigenvalue weighted by molar-refractivity contribution is 9.10. The van der Waals surface area contributed by atoms with E-state index in [9.17, 15) is 4.79 Å². The zero-order valence-electron chi connectivity index (χ0n) is 10.7. The lowest BCUT2D eigenvalue weighted by Gasteiger charge is -2.16. The number of amides is 1. The van der Waals surface area contributed by atoms with E-state index in [0.29, 0.717) is 17.8 Å². The van der Waals surface area contributed by atoms with E-state index in [0.717, 1.165) is 14.4 Å². The van der Waals surface area contributed by atoms with Crippen molar-refractivity contribution in [2.24, 2.45) is 0 Å². The average molecular weight is 340 g/mol. The van der Waals surface area contributed by atoms with Crippen LogP contribution in [0.15, 0.2) is 28.9 Å². The summed E-state index contributed by atoms with van der Waals surface area (Å²) in [5.41, 5.74) is 6.94. The molecule has 19 heavy (non-hydrogen) atoms. The summed E-state index contributed by atoms with van der Waals surface area (Å²) in [5.74, 6) is -0.0507. The van der Waals surface area contributed by atoms with Crippen LogP contribution in [0.5, 0.6) is 0 Å². The topological polar surface area (TPSA) is 59.2 Å². The number of aryl methyl sites for hydroxylation is 1. The molecular weight excluding hydrogens is 326 g/mol. The summed E-state index contributed by atoms with van der Waals surface area (Å²) in [6.07, 6.45) is 1.81. The van der Waals surface area contributed by atoms with E-state index in [4.69, 9.17) is 5.73 Å². The minimum absolute atomic E-state index is 0.0507. The van der Waals surface area contributed by atoms with Gasteiger partial charge in [0.15, 0.2) is 0 Å². The van der Waals surface area contributed by atoms with Gasteiger partial charge in [0, 0.05) is 33.8 Å². The van der Waals surface area contributed by atoms with Crippen molar-refractivity contribution in [3.8, 4) is 0 Å². The number of hydrogen-bond donors (Lipinski definition) is 1. The fraction of sp³-hybridized carbons (Fsp3) is 0.231. The maximum atomic E-state index is 12.3. The summed E-state index contributed by atoms with van der Waals surface area (Å²) in [6, 6.07) is 5.23. The molecule has 2 aromatic rings. The predicted molar refractivity (Wildman–Crippen MR) is 81.2 cm³/mol. The van der Waals surface area contributed by atoms with E-state index >= 15 is 0 Å². The van der Waals surface area contributed by atoms with E-state index in [1.165, 1.54) is 0 Å². The molecule has 0 unspecified atom stereocenters. The molecule has 1 aromatic carbocycles. The Bertz CT molecular complexity index is 612. The van der Waals surface area contributed by atoms with Gasteiger partial charge in [-0.15, -0.1) is 11.3 Å². The number of benzene rings is 1. The first-order valence-corrected chi connectivity index (χ1v) is 7.30. The quantitative estimate of drug-likeness (QED) is 0.874. The van der Waals surface area contributed by atoms with Crippen molar-refractivity contribution in [1.82, 2.24) is 9.88 Å². The number of anilines is 1. The van der Waals surface area contributed by atoms with Gasteiger partial charge in [0.2, 0.25) is 0 Å². The van der Waals surface area contributed by atoms with E-state index < -0.39 is 0 Å². The van der Waals surface area contributed by atoms with Gasteiger partial charge in [-0.05, 0) is 41.1 Å². The second kappa shape index (κ2) is 5.71. The van der Waals surface area contributed by atoms with Gasteiger partial charge in [-0.3, -0.25) is 4.79 Å². The van der Waals surface area contributed by atoms with Gasteiger partial charge in [0.25, 0.3) is 5.91 Å². The molecule has 0 saturated carbocycles. The summed E-state index contributed by atoms with van der Waals surface area (Å²) in [5, 5.41) is 1.00. The Morgan fingerprint density at radius 3 is 2.84 bits per heavy atom. The monoisotopic (exact) mass is 339 g/mol. The Balaban J connectivity index is 2.12. The Kier molecular flexibility index (Phi) is 4.21. The van der Waals surface area contributed by atoms with Crippen LogP contribution in [0.25, 0.3) is 0 Å². The Hall–Kier alpha value is -1.40. The fourth-order valence-electron chi connectivity index (χ4n) is 1.68. The maximum Gasteiger partial charge on any atom is 0.253 e. The van der Waals surface area contributed by atoms with Crippen molar-refractivity contribution in [1.29, 1.82) is 0 Å². The molecule has 4 nitrogen and oxygen atoms in total. The molecule has 0 radical (unpaired) electrons. The smallest absolute Gasteiger partial charge is 0.253 e. The van der Waals surface area contributed by atoms with Crippen LogP contribution in [0.2, 0.25) is 0 Å². The molecule has 100 valence electrons. The highest BCUT2D eigenvalue weighted by atomic mass is 79.9. The molecule has 1 amide bonds. The number of thiazole rings is 1. The van der Waals surface area contributed by atoms with E-state index in [1.54, 1.807) is 47.7 Å². The molecule has 2 N–H and O–H groups in total. The second-order valence-electron chi connectivity index (χ2n) is 4.24. The van der Waals surface area contributed by atoms with E-state index in [2.05, 4.69) is 20.9 Å². The first-order valence-electron chi connectivity index (χ1n) is 5.69. The third-order valence-corrected chi connectivity index (χ3v) is 4.27. The summed E-state index contributed by atoms with van der Waals surface area (Å²) in [6.45, 7) is 2.51. The zero-order chi connectivity index (χ0) is 14.0. The molecule has 0 spiro atoms. The molecule has 0 aliphatic heterocycles. The molecule has 0 aliphatic rings. The number of aromatic nitrogens is 1. The number of halogens is 1. The summed E-state index contributed by atoms with van der Waals surface area (Å²) >= 11 is 4.91. The average Bonchev–Trinajstić information content (AvgIpc) is 2.77. The van der Waals surface area contributed by atoms with Gasteiger partial charge in [-0.25, -0.2) is 4.98 Å². The third kappa shape index (κ3) is 3.33. The third-order valence-electron chi connectivity index (χ3n) is 2.65. The van der Waals surface area contributed by atoms with Crippen molar-refractivity contribution < 1.29 is 4.79 Å². The Labute approximate surface area is 124 Å². The number of nitrogens with zero attached hydrogens (tertiary/aromatic N) is 2. The first kappa shape index (κ1) is 14.0. The number of rotatable bonds is 3. The van der Waals surface area contributed by atoms with Crippen LogP contribution in [-0.2, 0) is 6.54 Å². The van der Waals surface area contributed by atoms with Crippen LogP contribution in [0.1, 0.15) is 20.2 Å². The normalized spacial score (nSPS) is 10.5.